The summed E-state index contributed by atoms with van der Waals surface area (Å²) < 4.78 is 0. The van der Waals surface area contributed by atoms with Gasteiger partial charge in [-0.1, -0.05) is 0 Å². The van der Waals surface area contributed by atoms with Gasteiger partial charge in [-0.25, -0.2) is 9.97 Å². The van der Waals surface area contributed by atoms with Crippen molar-refractivity contribution >= 4 is 5.95 Å². The van der Waals surface area contributed by atoms with E-state index in [1.54, 1.807) is 6.20 Å². The Morgan fingerprint density at radius 2 is 1.94 bits per heavy atom. The molecule has 1 N–H and O–H groups in total. The van der Waals surface area contributed by atoms with Gasteiger partial charge in [0, 0.05) is 24.6 Å². The first kappa shape index (κ1) is 10.6. The van der Waals surface area contributed by atoms with Crippen molar-refractivity contribution in [3.63, 3.8) is 0 Å². The molecule has 2 aromatic heterocycles. The van der Waals surface area contributed by atoms with Crippen molar-refractivity contribution < 1.29 is 0 Å². The number of anilines is 1. The SMILES string of the molecule is Cc1cc(C)nc(N(C)Cc2ccn[nH]2)n1. The molecule has 0 saturated carbocycles. The smallest absolute Gasteiger partial charge is 0.225 e. The summed E-state index contributed by atoms with van der Waals surface area (Å²) in [5.41, 5.74) is 3.02. The minimum Gasteiger partial charge on any atom is -0.338 e. The highest BCUT2D eigenvalue weighted by atomic mass is 15.2. The Morgan fingerprint density at radius 3 is 2.50 bits per heavy atom. The predicted molar refractivity (Wildman–Crippen MR) is 62.2 cm³/mol. The summed E-state index contributed by atoms with van der Waals surface area (Å²) in [7, 11) is 1.97. The van der Waals surface area contributed by atoms with Crippen LogP contribution in [0, 0.1) is 13.8 Å². The number of rotatable bonds is 3. The number of nitrogens with one attached hydrogen (secondary N) is 1. The van der Waals surface area contributed by atoms with Crippen LogP contribution in [0.2, 0.25) is 0 Å². The molecule has 0 aliphatic heterocycles. The first-order chi connectivity index (χ1) is 7.65. The third kappa shape index (κ3) is 2.36. The van der Waals surface area contributed by atoms with Gasteiger partial charge in [0.2, 0.25) is 5.95 Å². The molecular formula is C11H15N5. The number of H-pyrrole nitrogens is 1. The highest BCUT2D eigenvalue weighted by Gasteiger charge is 2.07. The number of aromatic nitrogens is 4. The van der Waals surface area contributed by atoms with Crippen molar-refractivity contribution in [1.82, 2.24) is 20.2 Å². The summed E-state index contributed by atoms with van der Waals surface area (Å²) in [6.07, 6.45) is 1.74. The largest absolute Gasteiger partial charge is 0.338 e. The molecule has 5 heteroatoms. The zero-order valence-electron chi connectivity index (χ0n) is 9.73. The first-order valence-corrected chi connectivity index (χ1v) is 5.17. The summed E-state index contributed by atoms with van der Waals surface area (Å²) in [5, 5.41) is 6.83. The fourth-order valence-electron chi connectivity index (χ4n) is 1.58. The van der Waals surface area contributed by atoms with E-state index in [1.807, 2.05) is 37.9 Å². The van der Waals surface area contributed by atoms with E-state index in [0.717, 1.165) is 29.6 Å². The third-order valence-electron chi connectivity index (χ3n) is 2.28. The van der Waals surface area contributed by atoms with Crippen LogP contribution in [0.25, 0.3) is 0 Å². The zero-order valence-corrected chi connectivity index (χ0v) is 9.73. The number of hydrogen-bond donors (Lipinski definition) is 1. The van der Waals surface area contributed by atoms with Crippen molar-refractivity contribution in [1.29, 1.82) is 0 Å². The molecule has 0 aliphatic rings. The van der Waals surface area contributed by atoms with Crippen LogP contribution in [0.15, 0.2) is 18.3 Å². The van der Waals surface area contributed by atoms with Gasteiger partial charge in [0.1, 0.15) is 0 Å². The second kappa shape index (κ2) is 4.30. The monoisotopic (exact) mass is 217 g/mol. The molecule has 2 rings (SSSR count). The number of aryl methyl sites for hydroxylation is 2. The van der Waals surface area contributed by atoms with E-state index < -0.39 is 0 Å². The summed E-state index contributed by atoms with van der Waals surface area (Å²) in [4.78, 5) is 10.8. The molecule has 0 aromatic carbocycles. The highest BCUT2D eigenvalue weighted by Crippen LogP contribution is 2.10. The molecule has 0 amide bonds. The van der Waals surface area contributed by atoms with Crippen LogP contribution in [-0.4, -0.2) is 27.2 Å². The van der Waals surface area contributed by atoms with Crippen LogP contribution in [-0.2, 0) is 6.54 Å². The van der Waals surface area contributed by atoms with Gasteiger partial charge in [0.15, 0.2) is 0 Å². The van der Waals surface area contributed by atoms with Gasteiger partial charge in [0.25, 0.3) is 0 Å². The standard InChI is InChI=1S/C11H15N5/c1-8-6-9(2)14-11(13-8)16(3)7-10-4-5-12-15-10/h4-6H,7H2,1-3H3,(H,12,15). The van der Waals surface area contributed by atoms with Crippen LogP contribution in [0.5, 0.6) is 0 Å². The van der Waals surface area contributed by atoms with E-state index in [1.165, 1.54) is 0 Å². The van der Waals surface area contributed by atoms with Crippen LogP contribution in [0.1, 0.15) is 17.1 Å². The predicted octanol–water partition coefficient (Wildman–Crippen LogP) is 1.45. The topological polar surface area (TPSA) is 57.7 Å². The van der Waals surface area contributed by atoms with Crippen molar-refractivity contribution in [2.75, 3.05) is 11.9 Å². The molecule has 0 radical (unpaired) electrons. The van der Waals surface area contributed by atoms with Gasteiger partial charge >= 0.3 is 0 Å². The summed E-state index contributed by atoms with van der Waals surface area (Å²) >= 11 is 0. The van der Waals surface area contributed by atoms with Crippen LogP contribution in [0.3, 0.4) is 0 Å². The average Bonchev–Trinajstić information content (AvgIpc) is 2.68. The molecule has 0 saturated heterocycles. The molecule has 0 atom stereocenters. The Hall–Kier alpha value is -1.91. The van der Waals surface area contributed by atoms with Gasteiger partial charge in [-0.2, -0.15) is 5.10 Å². The molecule has 2 aromatic rings. The lowest BCUT2D eigenvalue weighted by atomic mass is 10.3. The molecule has 5 nitrogen and oxygen atoms in total. The van der Waals surface area contributed by atoms with E-state index in [-0.39, 0.29) is 0 Å². The fraction of sp³-hybridized carbons (Fsp3) is 0.364. The molecule has 0 spiro atoms. The van der Waals surface area contributed by atoms with E-state index in [4.69, 9.17) is 0 Å². The van der Waals surface area contributed by atoms with Gasteiger partial charge in [0.05, 0.1) is 12.2 Å². The maximum Gasteiger partial charge on any atom is 0.225 e. The fourth-order valence-corrected chi connectivity index (χ4v) is 1.58. The van der Waals surface area contributed by atoms with E-state index in [2.05, 4.69) is 20.2 Å². The van der Waals surface area contributed by atoms with Gasteiger partial charge in [-0.3, -0.25) is 5.10 Å². The molecule has 16 heavy (non-hydrogen) atoms. The van der Waals surface area contributed by atoms with Crippen LogP contribution >= 0.6 is 0 Å². The van der Waals surface area contributed by atoms with Crippen molar-refractivity contribution in [3.05, 3.63) is 35.4 Å². The van der Waals surface area contributed by atoms with E-state index in [9.17, 15) is 0 Å². The quantitative estimate of drug-likeness (QED) is 0.845. The van der Waals surface area contributed by atoms with Gasteiger partial charge < -0.3 is 4.90 Å². The Kier molecular flexibility index (Phi) is 2.85. The average molecular weight is 217 g/mol. The van der Waals surface area contributed by atoms with Crippen molar-refractivity contribution in [2.24, 2.45) is 0 Å². The summed E-state index contributed by atoms with van der Waals surface area (Å²) in [5.74, 6) is 0.743. The second-order valence-electron chi connectivity index (χ2n) is 3.89. The van der Waals surface area contributed by atoms with Gasteiger partial charge in [-0.05, 0) is 26.0 Å². The minimum atomic E-state index is 0.725. The first-order valence-electron chi connectivity index (χ1n) is 5.17. The molecule has 0 aliphatic carbocycles. The lowest BCUT2D eigenvalue weighted by molar-refractivity contribution is 0.822. The Labute approximate surface area is 94.5 Å². The maximum absolute atomic E-state index is 4.39. The van der Waals surface area contributed by atoms with Crippen LogP contribution in [0.4, 0.5) is 5.95 Å². The zero-order chi connectivity index (χ0) is 11.5. The van der Waals surface area contributed by atoms with Crippen LogP contribution < -0.4 is 4.90 Å². The molecule has 0 unspecified atom stereocenters. The molecule has 0 bridgehead atoms. The maximum atomic E-state index is 4.39. The summed E-state index contributed by atoms with van der Waals surface area (Å²) in [6.45, 7) is 4.67. The number of hydrogen-bond acceptors (Lipinski definition) is 4. The lowest BCUT2D eigenvalue weighted by Crippen LogP contribution is -2.20. The Balaban J connectivity index is 2.17. The minimum absolute atomic E-state index is 0.725. The van der Waals surface area contributed by atoms with E-state index >= 15 is 0 Å². The Morgan fingerprint density at radius 1 is 1.25 bits per heavy atom. The Bertz CT molecular complexity index is 443. The van der Waals surface area contributed by atoms with Gasteiger partial charge in [-0.15, -0.1) is 0 Å². The molecule has 2 heterocycles. The second-order valence-corrected chi connectivity index (χ2v) is 3.89. The van der Waals surface area contributed by atoms with Crippen molar-refractivity contribution in [3.8, 4) is 0 Å². The lowest BCUT2D eigenvalue weighted by Gasteiger charge is -2.16. The third-order valence-corrected chi connectivity index (χ3v) is 2.28. The van der Waals surface area contributed by atoms with Crippen molar-refractivity contribution in [2.45, 2.75) is 20.4 Å². The van der Waals surface area contributed by atoms with E-state index in [0.29, 0.717) is 0 Å². The number of aromatic amines is 1. The number of nitrogens with zero attached hydrogens (tertiary/aromatic N) is 4. The molecular weight excluding hydrogens is 202 g/mol. The highest BCUT2D eigenvalue weighted by molar-refractivity contribution is 5.31. The molecule has 0 fully saturated rings. The molecule has 84 valence electrons. The normalized spacial score (nSPS) is 10.4. The summed E-state index contributed by atoms with van der Waals surface area (Å²) in [6, 6.07) is 3.91.